The van der Waals surface area contributed by atoms with E-state index in [1.807, 2.05) is 0 Å². The van der Waals surface area contributed by atoms with Crippen LogP contribution >= 0.6 is 15.9 Å². The molecule has 0 saturated carbocycles. The Morgan fingerprint density at radius 2 is 2.16 bits per heavy atom. The Bertz CT molecular complexity index is 675. The van der Waals surface area contributed by atoms with Crippen molar-refractivity contribution in [1.29, 1.82) is 0 Å². The lowest BCUT2D eigenvalue weighted by Gasteiger charge is -2.08. The highest BCUT2D eigenvalue weighted by Crippen LogP contribution is 2.32. The highest BCUT2D eigenvalue weighted by Gasteiger charge is 2.18. The van der Waals surface area contributed by atoms with Gasteiger partial charge in [0.2, 0.25) is 0 Å². The Hall–Kier alpha value is -2.02. The van der Waals surface area contributed by atoms with E-state index in [2.05, 4.69) is 26.1 Å². The third kappa shape index (κ3) is 2.70. The molecule has 0 atom stereocenters. The molecule has 0 aliphatic carbocycles. The van der Waals surface area contributed by atoms with E-state index >= 15 is 0 Å². The number of benzene rings is 1. The van der Waals surface area contributed by atoms with Gasteiger partial charge < -0.3 is 9.84 Å². The number of carboxylic acids is 1. The highest BCUT2D eigenvalue weighted by atomic mass is 79.9. The summed E-state index contributed by atoms with van der Waals surface area (Å²) < 4.78 is 6.02. The standard InChI is InChI=1S/C12H11BrN2O4/c1-19-9-3-2-6(13)4-7(9)11-8(5-10(16)17)12(18)15-14-11/h2-4H,5H2,1H3,(H,16,17)(H2,14,15,18). The number of methoxy groups -OCH3 is 1. The van der Waals surface area contributed by atoms with Crippen molar-refractivity contribution in [3.63, 3.8) is 0 Å². The summed E-state index contributed by atoms with van der Waals surface area (Å²) in [7, 11) is 1.51. The zero-order chi connectivity index (χ0) is 14.0. The number of hydrogen-bond donors (Lipinski definition) is 3. The molecule has 2 rings (SSSR count). The van der Waals surface area contributed by atoms with Gasteiger partial charge in [-0.25, -0.2) is 0 Å². The number of carbonyl (C=O) groups is 1. The Morgan fingerprint density at radius 1 is 1.42 bits per heavy atom. The second-order valence-electron chi connectivity index (χ2n) is 3.85. The first-order valence-corrected chi connectivity index (χ1v) is 6.17. The van der Waals surface area contributed by atoms with Gasteiger partial charge in [0.1, 0.15) is 5.75 Å². The number of carboxylic acid groups (broad SMARTS) is 1. The van der Waals surface area contributed by atoms with Crippen LogP contribution in [0, 0.1) is 0 Å². The van der Waals surface area contributed by atoms with Gasteiger partial charge in [-0.2, -0.15) is 0 Å². The molecule has 0 radical (unpaired) electrons. The molecule has 100 valence electrons. The summed E-state index contributed by atoms with van der Waals surface area (Å²) in [6.07, 6.45) is -0.357. The molecular weight excluding hydrogens is 316 g/mol. The zero-order valence-corrected chi connectivity index (χ0v) is 11.6. The fraction of sp³-hybridized carbons (Fsp3) is 0.167. The molecule has 0 spiro atoms. The van der Waals surface area contributed by atoms with Crippen molar-refractivity contribution < 1.29 is 14.6 Å². The third-order valence-corrected chi connectivity index (χ3v) is 3.13. The largest absolute Gasteiger partial charge is 0.496 e. The monoisotopic (exact) mass is 326 g/mol. The zero-order valence-electron chi connectivity index (χ0n) is 9.99. The Kier molecular flexibility index (Phi) is 3.75. The molecule has 0 unspecified atom stereocenters. The third-order valence-electron chi connectivity index (χ3n) is 2.64. The van der Waals surface area contributed by atoms with E-state index < -0.39 is 11.5 Å². The van der Waals surface area contributed by atoms with Crippen LogP contribution in [0.2, 0.25) is 0 Å². The number of rotatable bonds is 4. The summed E-state index contributed by atoms with van der Waals surface area (Å²) in [5.74, 6) is -0.523. The quantitative estimate of drug-likeness (QED) is 0.797. The van der Waals surface area contributed by atoms with Crippen molar-refractivity contribution >= 4 is 21.9 Å². The fourth-order valence-corrected chi connectivity index (χ4v) is 2.17. The van der Waals surface area contributed by atoms with Gasteiger partial charge >= 0.3 is 5.97 Å². The van der Waals surface area contributed by atoms with Crippen LogP contribution in [-0.2, 0) is 11.2 Å². The van der Waals surface area contributed by atoms with Crippen molar-refractivity contribution in [3.05, 3.63) is 38.6 Å². The summed E-state index contributed by atoms with van der Waals surface area (Å²) in [4.78, 5) is 22.4. The second kappa shape index (κ2) is 5.31. The molecule has 0 bridgehead atoms. The van der Waals surface area contributed by atoms with Crippen LogP contribution in [-0.4, -0.2) is 28.4 Å². The number of aromatic amines is 2. The summed E-state index contributed by atoms with van der Waals surface area (Å²) in [5, 5.41) is 13.9. The smallest absolute Gasteiger partial charge is 0.308 e. The normalized spacial score (nSPS) is 10.4. The minimum Gasteiger partial charge on any atom is -0.496 e. The maximum absolute atomic E-state index is 11.6. The molecule has 3 N–H and O–H groups in total. The van der Waals surface area contributed by atoms with Gasteiger partial charge in [0.25, 0.3) is 5.56 Å². The average molecular weight is 327 g/mol. The van der Waals surface area contributed by atoms with E-state index in [9.17, 15) is 9.59 Å². The molecule has 6 nitrogen and oxygen atoms in total. The van der Waals surface area contributed by atoms with E-state index in [0.29, 0.717) is 17.0 Å². The van der Waals surface area contributed by atoms with E-state index in [4.69, 9.17) is 9.84 Å². The number of aliphatic carboxylic acids is 1. The summed E-state index contributed by atoms with van der Waals surface area (Å²) in [6, 6.07) is 5.28. The number of H-pyrrole nitrogens is 2. The number of nitrogens with one attached hydrogen (secondary N) is 2. The van der Waals surface area contributed by atoms with E-state index in [0.717, 1.165) is 4.47 Å². The summed E-state index contributed by atoms with van der Waals surface area (Å²) >= 11 is 3.33. The van der Waals surface area contributed by atoms with Crippen molar-refractivity contribution in [2.45, 2.75) is 6.42 Å². The van der Waals surface area contributed by atoms with Gasteiger partial charge in [-0.05, 0) is 18.2 Å². The highest BCUT2D eigenvalue weighted by molar-refractivity contribution is 9.10. The number of hydrogen-bond acceptors (Lipinski definition) is 3. The molecule has 19 heavy (non-hydrogen) atoms. The Morgan fingerprint density at radius 3 is 2.79 bits per heavy atom. The number of ether oxygens (including phenoxy) is 1. The second-order valence-corrected chi connectivity index (χ2v) is 4.76. The van der Waals surface area contributed by atoms with Gasteiger partial charge in [0, 0.05) is 10.0 Å². The molecule has 0 aliphatic heterocycles. The lowest BCUT2D eigenvalue weighted by atomic mass is 10.0. The van der Waals surface area contributed by atoms with Crippen molar-refractivity contribution in [1.82, 2.24) is 10.2 Å². The SMILES string of the molecule is COc1ccc(Br)cc1-c1[nH][nH]c(=O)c1CC(=O)O. The minimum absolute atomic E-state index is 0.170. The lowest BCUT2D eigenvalue weighted by Crippen LogP contribution is -2.11. The van der Waals surface area contributed by atoms with Crippen LogP contribution < -0.4 is 10.3 Å². The minimum atomic E-state index is -1.07. The first kappa shape index (κ1) is 13.4. The predicted molar refractivity (Wildman–Crippen MR) is 72.4 cm³/mol. The molecular formula is C12H11BrN2O4. The van der Waals surface area contributed by atoms with Crippen LogP contribution in [0.4, 0.5) is 0 Å². The predicted octanol–water partition coefficient (Wildman–Crippen LogP) is 1.77. The van der Waals surface area contributed by atoms with Crippen LogP contribution in [0.3, 0.4) is 0 Å². The van der Waals surface area contributed by atoms with Crippen LogP contribution in [0.1, 0.15) is 5.56 Å². The molecule has 1 aromatic carbocycles. The van der Waals surface area contributed by atoms with Crippen LogP contribution in [0.25, 0.3) is 11.3 Å². The van der Waals surface area contributed by atoms with Gasteiger partial charge in [-0.1, -0.05) is 15.9 Å². The molecule has 0 aliphatic rings. The van der Waals surface area contributed by atoms with Gasteiger partial charge in [-0.3, -0.25) is 19.8 Å². The number of aromatic nitrogens is 2. The van der Waals surface area contributed by atoms with Crippen LogP contribution in [0.5, 0.6) is 5.75 Å². The van der Waals surface area contributed by atoms with E-state index in [1.165, 1.54) is 7.11 Å². The maximum atomic E-state index is 11.6. The maximum Gasteiger partial charge on any atom is 0.308 e. The first-order chi connectivity index (χ1) is 9.02. The lowest BCUT2D eigenvalue weighted by molar-refractivity contribution is -0.136. The molecule has 7 heteroatoms. The van der Waals surface area contributed by atoms with Crippen molar-refractivity contribution in [2.24, 2.45) is 0 Å². The summed E-state index contributed by atoms with van der Waals surface area (Å²) in [5.41, 5.74) is 0.764. The van der Waals surface area contributed by atoms with Crippen molar-refractivity contribution in [2.75, 3.05) is 7.11 Å². The van der Waals surface area contributed by atoms with Gasteiger partial charge in [0.15, 0.2) is 0 Å². The topological polar surface area (TPSA) is 95.2 Å². The van der Waals surface area contributed by atoms with Gasteiger partial charge in [-0.15, -0.1) is 0 Å². The van der Waals surface area contributed by atoms with Crippen molar-refractivity contribution in [3.8, 4) is 17.0 Å². The first-order valence-electron chi connectivity index (χ1n) is 5.38. The Balaban J connectivity index is 2.62. The Labute approximate surface area is 116 Å². The van der Waals surface area contributed by atoms with Crippen LogP contribution in [0.15, 0.2) is 27.5 Å². The van der Waals surface area contributed by atoms with E-state index in [-0.39, 0.29) is 12.0 Å². The molecule has 0 saturated heterocycles. The van der Waals surface area contributed by atoms with E-state index in [1.54, 1.807) is 18.2 Å². The fourth-order valence-electron chi connectivity index (χ4n) is 1.81. The summed E-state index contributed by atoms with van der Waals surface area (Å²) in [6.45, 7) is 0. The average Bonchev–Trinajstić information content (AvgIpc) is 2.70. The molecule has 0 amide bonds. The molecule has 1 aromatic heterocycles. The number of halogens is 1. The van der Waals surface area contributed by atoms with Gasteiger partial charge in [0.05, 0.1) is 24.8 Å². The molecule has 1 heterocycles. The molecule has 2 aromatic rings. The molecule has 0 fully saturated rings.